The Labute approximate surface area is 134 Å². The molecule has 1 unspecified atom stereocenters. The van der Waals surface area contributed by atoms with Crippen LogP contribution >= 0.6 is 23.2 Å². The molecule has 21 heavy (non-hydrogen) atoms. The van der Waals surface area contributed by atoms with Gasteiger partial charge in [0.1, 0.15) is 0 Å². The van der Waals surface area contributed by atoms with Gasteiger partial charge in [-0.25, -0.2) is 0 Å². The lowest BCUT2D eigenvalue weighted by Gasteiger charge is -2.27. The molecule has 2 N–H and O–H groups in total. The minimum absolute atomic E-state index is 0.0972. The number of benzene rings is 2. The van der Waals surface area contributed by atoms with E-state index in [1.165, 1.54) is 5.56 Å². The van der Waals surface area contributed by atoms with Crippen molar-refractivity contribution in [1.29, 1.82) is 0 Å². The summed E-state index contributed by atoms with van der Waals surface area (Å²) in [5.41, 5.74) is 8.31. The van der Waals surface area contributed by atoms with E-state index in [9.17, 15) is 0 Å². The van der Waals surface area contributed by atoms with Crippen molar-refractivity contribution in [2.24, 2.45) is 10.7 Å². The molecule has 0 aliphatic carbocycles. The highest BCUT2D eigenvalue weighted by molar-refractivity contribution is 6.42. The van der Waals surface area contributed by atoms with Gasteiger partial charge in [-0.3, -0.25) is 4.99 Å². The van der Waals surface area contributed by atoms with E-state index >= 15 is 0 Å². The van der Waals surface area contributed by atoms with Gasteiger partial charge >= 0.3 is 0 Å². The number of hydrogen-bond acceptors (Lipinski definition) is 3. The van der Waals surface area contributed by atoms with Gasteiger partial charge in [0.05, 0.1) is 22.6 Å². The van der Waals surface area contributed by atoms with E-state index in [2.05, 4.69) is 22.0 Å². The first-order chi connectivity index (χ1) is 10.1. The Hall–Kier alpha value is -1.71. The standard InChI is InChI=1S/C16H15Cl2N3/c17-13-7-6-12(8-14(13)18)15-9-20-16(19)21(15)10-11-4-2-1-3-5-11/h1-8,15H,9-10H2,(H2,19,20). The number of hydrogen-bond donors (Lipinski definition) is 1. The molecule has 2 aromatic carbocycles. The lowest BCUT2D eigenvalue weighted by molar-refractivity contribution is 0.340. The molecule has 0 radical (unpaired) electrons. The van der Waals surface area contributed by atoms with Crippen LogP contribution in [0.4, 0.5) is 0 Å². The Morgan fingerprint density at radius 1 is 1.10 bits per heavy atom. The quantitative estimate of drug-likeness (QED) is 0.933. The number of nitrogens with two attached hydrogens (primary N) is 1. The Morgan fingerprint density at radius 2 is 1.86 bits per heavy atom. The average Bonchev–Trinajstić information content (AvgIpc) is 2.85. The third kappa shape index (κ3) is 2.99. The molecule has 0 spiro atoms. The van der Waals surface area contributed by atoms with E-state index in [0.717, 1.165) is 12.1 Å². The maximum absolute atomic E-state index is 6.12. The Balaban J connectivity index is 1.86. The van der Waals surface area contributed by atoms with Crippen LogP contribution in [0.25, 0.3) is 0 Å². The molecule has 1 heterocycles. The van der Waals surface area contributed by atoms with Gasteiger partial charge in [0.2, 0.25) is 0 Å². The largest absolute Gasteiger partial charge is 0.370 e. The van der Waals surface area contributed by atoms with Crippen LogP contribution in [0.2, 0.25) is 10.0 Å². The molecule has 108 valence electrons. The minimum atomic E-state index is 0.0972. The smallest absolute Gasteiger partial charge is 0.192 e. The zero-order valence-electron chi connectivity index (χ0n) is 11.3. The van der Waals surface area contributed by atoms with Gasteiger partial charge in [0.15, 0.2) is 5.96 Å². The Bertz CT molecular complexity index is 670. The highest BCUT2D eigenvalue weighted by Gasteiger charge is 2.27. The van der Waals surface area contributed by atoms with Crippen LogP contribution in [0.5, 0.6) is 0 Å². The van der Waals surface area contributed by atoms with Crippen LogP contribution in [-0.4, -0.2) is 17.4 Å². The highest BCUT2D eigenvalue weighted by Crippen LogP contribution is 2.31. The van der Waals surface area contributed by atoms with Crippen LogP contribution in [0.3, 0.4) is 0 Å². The second-order valence-corrected chi connectivity index (χ2v) is 5.82. The van der Waals surface area contributed by atoms with Crippen molar-refractivity contribution in [3.8, 4) is 0 Å². The Kier molecular flexibility index (Phi) is 4.04. The minimum Gasteiger partial charge on any atom is -0.370 e. The van der Waals surface area contributed by atoms with Crippen molar-refractivity contribution < 1.29 is 0 Å². The second-order valence-electron chi connectivity index (χ2n) is 5.00. The first-order valence-electron chi connectivity index (χ1n) is 6.70. The van der Waals surface area contributed by atoms with E-state index in [4.69, 9.17) is 28.9 Å². The fourth-order valence-corrected chi connectivity index (χ4v) is 2.81. The molecule has 3 rings (SSSR count). The van der Waals surface area contributed by atoms with E-state index in [1.807, 2.05) is 36.4 Å². The molecule has 1 aliphatic rings. The van der Waals surface area contributed by atoms with Crippen LogP contribution in [0, 0.1) is 0 Å². The molecule has 0 amide bonds. The molecular formula is C16H15Cl2N3. The highest BCUT2D eigenvalue weighted by atomic mass is 35.5. The van der Waals surface area contributed by atoms with Gasteiger partial charge in [-0.2, -0.15) is 0 Å². The summed E-state index contributed by atoms with van der Waals surface area (Å²) in [7, 11) is 0. The van der Waals surface area contributed by atoms with Gasteiger partial charge in [0, 0.05) is 6.54 Å². The zero-order chi connectivity index (χ0) is 14.8. The van der Waals surface area contributed by atoms with Crippen molar-refractivity contribution in [2.75, 3.05) is 6.54 Å². The molecule has 1 aliphatic heterocycles. The summed E-state index contributed by atoms with van der Waals surface area (Å²) in [4.78, 5) is 6.46. The predicted octanol–water partition coefficient (Wildman–Crippen LogP) is 3.87. The van der Waals surface area contributed by atoms with Crippen molar-refractivity contribution in [2.45, 2.75) is 12.6 Å². The van der Waals surface area contributed by atoms with Crippen molar-refractivity contribution in [3.05, 3.63) is 69.7 Å². The molecule has 0 aromatic heterocycles. The zero-order valence-corrected chi connectivity index (χ0v) is 12.8. The summed E-state index contributed by atoms with van der Waals surface area (Å²) >= 11 is 12.1. The maximum Gasteiger partial charge on any atom is 0.192 e. The van der Waals surface area contributed by atoms with Crippen LogP contribution in [0.1, 0.15) is 17.2 Å². The van der Waals surface area contributed by atoms with Crippen molar-refractivity contribution in [3.63, 3.8) is 0 Å². The van der Waals surface area contributed by atoms with Crippen LogP contribution < -0.4 is 5.73 Å². The average molecular weight is 320 g/mol. The van der Waals surface area contributed by atoms with E-state index in [1.54, 1.807) is 0 Å². The van der Waals surface area contributed by atoms with Crippen molar-refractivity contribution in [1.82, 2.24) is 4.90 Å². The van der Waals surface area contributed by atoms with Gasteiger partial charge in [-0.15, -0.1) is 0 Å². The van der Waals surface area contributed by atoms with Crippen LogP contribution in [0.15, 0.2) is 53.5 Å². The number of aliphatic imine (C=N–C) groups is 1. The third-order valence-electron chi connectivity index (χ3n) is 3.62. The number of nitrogens with zero attached hydrogens (tertiary/aromatic N) is 2. The lowest BCUT2D eigenvalue weighted by Crippen LogP contribution is -2.35. The number of halogens is 2. The summed E-state index contributed by atoms with van der Waals surface area (Å²) in [6.45, 7) is 1.36. The lowest BCUT2D eigenvalue weighted by atomic mass is 10.1. The van der Waals surface area contributed by atoms with E-state index in [-0.39, 0.29) is 6.04 Å². The van der Waals surface area contributed by atoms with Crippen LogP contribution in [-0.2, 0) is 6.54 Å². The van der Waals surface area contributed by atoms with Gasteiger partial charge in [-0.05, 0) is 23.3 Å². The Morgan fingerprint density at radius 3 is 2.57 bits per heavy atom. The topological polar surface area (TPSA) is 41.6 Å². The normalized spacial score (nSPS) is 17.9. The third-order valence-corrected chi connectivity index (χ3v) is 4.36. The molecular weight excluding hydrogens is 305 g/mol. The molecule has 3 nitrogen and oxygen atoms in total. The van der Waals surface area contributed by atoms with Crippen molar-refractivity contribution >= 4 is 29.2 Å². The molecule has 2 aromatic rings. The first kappa shape index (κ1) is 14.2. The molecule has 0 saturated heterocycles. The van der Waals surface area contributed by atoms with E-state index in [0.29, 0.717) is 22.5 Å². The SMILES string of the molecule is NC1=NCC(c2ccc(Cl)c(Cl)c2)N1Cc1ccccc1. The fraction of sp³-hybridized carbons (Fsp3) is 0.188. The first-order valence-corrected chi connectivity index (χ1v) is 7.46. The second kappa shape index (κ2) is 5.96. The monoisotopic (exact) mass is 319 g/mol. The van der Waals surface area contributed by atoms with Gasteiger partial charge < -0.3 is 10.6 Å². The maximum atomic E-state index is 6.12. The summed E-state index contributed by atoms with van der Waals surface area (Å²) in [5.74, 6) is 0.565. The fourth-order valence-electron chi connectivity index (χ4n) is 2.51. The summed E-state index contributed by atoms with van der Waals surface area (Å²) in [6, 6.07) is 16.0. The molecule has 0 saturated carbocycles. The van der Waals surface area contributed by atoms with E-state index < -0.39 is 0 Å². The summed E-state index contributed by atoms with van der Waals surface area (Å²) < 4.78 is 0. The molecule has 0 bridgehead atoms. The summed E-state index contributed by atoms with van der Waals surface area (Å²) in [6.07, 6.45) is 0. The number of rotatable bonds is 3. The van der Waals surface area contributed by atoms with Gasteiger partial charge in [0.25, 0.3) is 0 Å². The molecule has 0 fully saturated rings. The molecule has 5 heteroatoms. The van der Waals surface area contributed by atoms with Gasteiger partial charge in [-0.1, -0.05) is 59.6 Å². The number of guanidine groups is 1. The summed E-state index contributed by atoms with van der Waals surface area (Å²) in [5, 5.41) is 1.11. The molecule has 1 atom stereocenters. The predicted molar refractivity (Wildman–Crippen MR) is 87.7 cm³/mol.